The second kappa shape index (κ2) is 16.8. The second-order valence-electron chi connectivity index (χ2n) is 12.4. The van der Waals surface area contributed by atoms with E-state index in [4.69, 9.17) is 14.6 Å². The van der Waals surface area contributed by atoms with Crippen LogP contribution in [0.4, 0.5) is 0 Å². The SMILES string of the molecule is C=C(C)C(=O)OCC(CCOC(=O)C(=C)CO)c1ccc2c(c1)CCC(CCC1CCC(CCCCC)CC1)C2. The number of aliphatic hydroxyl groups is 1. The first-order chi connectivity index (χ1) is 19.3. The summed E-state index contributed by atoms with van der Waals surface area (Å²) in [5.41, 5.74) is 4.33. The van der Waals surface area contributed by atoms with Crippen LogP contribution in [0.2, 0.25) is 0 Å². The van der Waals surface area contributed by atoms with Gasteiger partial charge in [-0.25, -0.2) is 9.59 Å². The summed E-state index contributed by atoms with van der Waals surface area (Å²) in [5.74, 6) is 1.57. The smallest absolute Gasteiger partial charge is 0.335 e. The number of esters is 2. The summed E-state index contributed by atoms with van der Waals surface area (Å²) in [7, 11) is 0. The Morgan fingerprint density at radius 1 is 0.925 bits per heavy atom. The first-order valence-electron chi connectivity index (χ1n) is 15.7. The summed E-state index contributed by atoms with van der Waals surface area (Å²) < 4.78 is 10.8. The van der Waals surface area contributed by atoms with E-state index in [1.807, 2.05) is 0 Å². The van der Waals surface area contributed by atoms with Gasteiger partial charge in [0.15, 0.2) is 0 Å². The van der Waals surface area contributed by atoms with Gasteiger partial charge < -0.3 is 14.6 Å². The van der Waals surface area contributed by atoms with Crippen molar-refractivity contribution in [3.63, 3.8) is 0 Å². The number of rotatable bonds is 16. The second-order valence-corrected chi connectivity index (χ2v) is 12.4. The van der Waals surface area contributed by atoms with Crippen LogP contribution < -0.4 is 0 Å². The summed E-state index contributed by atoms with van der Waals surface area (Å²) >= 11 is 0. The molecule has 2 unspecified atom stereocenters. The molecule has 1 fully saturated rings. The zero-order valence-electron chi connectivity index (χ0n) is 25.1. The van der Waals surface area contributed by atoms with Gasteiger partial charge in [-0.2, -0.15) is 0 Å². The number of carbonyl (C=O) groups is 2. The van der Waals surface area contributed by atoms with Crippen molar-refractivity contribution in [2.45, 2.75) is 110 Å². The maximum Gasteiger partial charge on any atom is 0.335 e. The molecule has 0 spiro atoms. The average Bonchev–Trinajstić information content (AvgIpc) is 2.97. The van der Waals surface area contributed by atoms with Crippen molar-refractivity contribution < 1.29 is 24.2 Å². The third-order valence-electron chi connectivity index (χ3n) is 9.14. The van der Waals surface area contributed by atoms with Crippen molar-refractivity contribution >= 4 is 11.9 Å². The first kappa shape index (κ1) is 32.1. The van der Waals surface area contributed by atoms with E-state index < -0.39 is 18.5 Å². The highest BCUT2D eigenvalue weighted by Gasteiger charge is 2.25. The molecule has 5 heteroatoms. The van der Waals surface area contributed by atoms with Crippen molar-refractivity contribution in [2.75, 3.05) is 19.8 Å². The molecule has 0 aromatic heterocycles. The van der Waals surface area contributed by atoms with Crippen molar-refractivity contribution in [3.8, 4) is 0 Å². The van der Waals surface area contributed by atoms with Gasteiger partial charge in [-0.1, -0.05) is 96.1 Å². The number of benzene rings is 1. The maximum absolute atomic E-state index is 12.1. The lowest BCUT2D eigenvalue weighted by atomic mass is 9.75. The van der Waals surface area contributed by atoms with Crippen LogP contribution in [0.3, 0.4) is 0 Å². The lowest BCUT2D eigenvalue weighted by Gasteiger charge is -2.31. The minimum atomic E-state index is -0.600. The average molecular weight is 553 g/mol. The highest BCUT2D eigenvalue weighted by atomic mass is 16.5. The standard InChI is InChI=1S/C35H52O5/c1-5-6-7-8-27-9-11-28(12-10-27)13-14-29-15-16-31-22-32(18-17-30(31)21-29)33(24-40-34(37)25(2)3)19-20-39-35(38)26(4)23-36/h17-18,22,27-29,33,36H,2,4-16,19-21,23-24H2,1,3H3. The number of hydrogen-bond acceptors (Lipinski definition) is 5. The monoisotopic (exact) mass is 552 g/mol. The molecule has 1 saturated carbocycles. The molecule has 0 radical (unpaired) electrons. The molecule has 0 amide bonds. The Morgan fingerprint density at radius 2 is 1.62 bits per heavy atom. The van der Waals surface area contributed by atoms with E-state index in [0.29, 0.717) is 12.0 Å². The Morgan fingerprint density at radius 3 is 2.30 bits per heavy atom. The van der Waals surface area contributed by atoms with Crippen LogP contribution in [0, 0.1) is 17.8 Å². The van der Waals surface area contributed by atoms with Crippen LogP contribution in [-0.4, -0.2) is 36.9 Å². The Hall–Kier alpha value is -2.40. The Balaban J connectivity index is 1.52. The minimum absolute atomic E-state index is 0.0312. The van der Waals surface area contributed by atoms with E-state index in [1.54, 1.807) is 6.92 Å². The van der Waals surface area contributed by atoms with Gasteiger partial charge in [0.2, 0.25) is 0 Å². The third-order valence-corrected chi connectivity index (χ3v) is 9.14. The fraction of sp³-hybridized carbons (Fsp3) is 0.657. The summed E-state index contributed by atoms with van der Waals surface area (Å²) in [5, 5.41) is 9.10. The molecule has 0 aliphatic heterocycles. The van der Waals surface area contributed by atoms with Gasteiger partial charge in [-0.05, 0) is 73.5 Å². The Labute approximate surface area is 242 Å². The van der Waals surface area contributed by atoms with Gasteiger partial charge in [-0.15, -0.1) is 0 Å². The van der Waals surface area contributed by atoms with Gasteiger partial charge in [0.05, 0.1) is 25.4 Å². The first-order valence-corrected chi connectivity index (χ1v) is 15.7. The molecule has 0 heterocycles. The molecule has 40 heavy (non-hydrogen) atoms. The van der Waals surface area contributed by atoms with E-state index in [1.165, 1.54) is 81.8 Å². The van der Waals surface area contributed by atoms with Gasteiger partial charge in [0.1, 0.15) is 0 Å². The lowest BCUT2D eigenvalue weighted by molar-refractivity contribution is -0.142. The Kier molecular flexibility index (Phi) is 13.5. The van der Waals surface area contributed by atoms with Crippen LogP contribution in [0.15, 0.2) is 42.5 Å². The quantitative estimate of drug-likeness (QED) is 0.130. The number of ether oxygens (including phenoxy) is 2. The predicted molar refractivity (Wildman–Crippen MR) is 161 cm³/mol. The normalized spacial score (nSPS) is 21.2. The van der Waals surface area contributed by atoms with Crippen molar-refractivity contribution in [1.82, 2.24) is 0 Å². The van der Waals surface area contributed by atoms with Crippen LogP contribution in [0.5, 0.6) is 0 Å². The number of unbranched alkanes of at least 4 members (excludes halogenated alkanes) is 2. The van der Waals surface area contributed by atoms with Gasteiger partial charge >= 0.3 is 11.9 Å². The van der Waals surface area contributed by atoms with E-state index in [0.717, 1.165) is 36.2 Å². The minimum Gasteiger partial charge on any atom is -0.462 e. The van der Waals surface area contributed by atoms with Crippen molar-refractivity contribution in [2.24, 2.45) is 17.8 Å². The molecule has 1 aromatic carbocycles. The molecule has 5 nitrogen and oxygen atoms in total. The third kappa shape index (κ3) is 10.2. The van der Waals surface area contributed by atoms with E-state index in [-0.39, 0.29) is 24.7 Å². The molecule has 222 valence electrons. The molecular weight excluding hydrogens is 500 g/mol. The molecule has 2 aliphatic rings. The Bertz CT molecular complexity index is 987. The summed E-state index contributed by atoms with van der Waals surface area (Å²) in [4.78, 5) is 24.0. The molecule has 0 saturated heterocycles. The molecule has 3 rings (SSSR count). The van der Waals surface area contributed by atoms with Crippen LogP contribution in [-0.2, 0) is 31.9 Å². The number of hydrogen-bond donors (Lipinski definition) is 1. The number of carbonyl (C=O) groups excluding carboxylic acids is 2. The molecule has 0 bridgehead atoms. The summed E-state index contributed by atoms with van der Waals surface area (Å²) in [6.45, 7) is 11.0. The zero-order chi connectivity index (χ0) is 28.9. The predicted octanol–water partition coefficient (Wildman–Crippen LogP) is 7.64. The number of fused-ring (bicyclic) bond motifs is 1. The number of aryl methyl sites for hydroxylation is 1. The fourth-order valence-corrected chi connectivity index (χ4v) is 6.42. The molecule has 1 N–H and O–H groups in total. The van der Waals surface area contributed by atoms with Gasteiger partial charge in [0.25, 0.3) is 0 Å². The fourth-order valence-electron chi connectivity index (χ4n) is 6.42. The molecule has 2 aliphatic carbocycles. The van der Waals surface area contributed by atoms with Crippen LogP contribution in [0.1, 0.15) is 114 Å². The van der Waals surface area contributed by atoms with E-state index in [2.05, 4.69) is 38.3 Å². The molecular formula is C35H52O5. The summed E-state index contributed by atoms with van der Waals surface area (Å²) in [6, 6.07) is 6.67. The highest BCUT2D eigenvalue weighted by molar-refractivity contribution is 5.88. The van der Waals surface area contributed by atoms with Crippen LogP contribution in [0.25, 0.3) is 0 Å². The lowest BCUT2D eigenvalue weighted by Crippen LogP contribution is -2.20. The van der Waals surface area contributed by atoms with E-state index >= 15 is 0 Å². The van der Waals surface area contributed by atoms with E-state index in [9.17, 15) is 9.59 Å². The molecule has 2 atom stereocenters. The topological polar surface area (TPSA) is 72.8 Å². The summed E-state index contributed by atoms with van der Waals surface area (Å²) in [6.07, 6.45) is 18.1. The van der Waals surface area contributed by atoms with Crippen LogP contribution >= 0.6 is 0 Å². The van der Waals surface area contributed by atoms with Gasteiger partial charge in [-0.3, -0.25) is 0 Å². The zero-order valence-corrected chi connectivity index (χ0v) is 25.1. The maximum atomic E-state index is 12.1. The molecule has 1 aromatic rings. The van der Waals surface area contributed by atoms with Gasteiger partial charge in [0, 0.05) is 11.5 Å². The number of aliphatic hydroxyl groups excluding tert-OH is 1. The largest absolute Gasteiger partial charge is 0.462 e. The highest BCUT2D eigenvalue weighted by Crippen LogP contribution is 2.37. The van der Waals surface area contributed by atoms with Crippen molar-refractivity contribution in [3.05, 3.63) is 59.2 Å². The van der Waals surface area contributed by atoms with Crippen molar-refractivity contribution in [1.29, 1.82) is 0 Å².